The minimum Gasteiger partial charge on any atom is -0.481 e. The first-order valence-corrected chi connectivity index (χ1v) is 3.77. The maximum atomic E-state index is 11.9. The Balaban J connectivity index is 2.54. The molecule has 1 N–H and O–H groups in total. The van der Waals surface area contributed by atoms with Crippen LogP contribution in [0.2, 0.25) is 0 Å². The molecular weight excluding hydrogens is 189 g/mol. The molecule has 0 aromatic rings. The van der Waals surface area contributed by atoms with Crippen LogP contribution in [0.25, 0.3) is 0 Å². The van der Waals surface area contributed by atoms with E-state index in [9.17, 15) is 18.0 Å². The molecule has 6 heteroatoms. The molecular formula is C7H9F3O3. The highest BCUT2D eigenvalue weighted by atomic mass is 19.4. The van der Waals surface area contributed by atoms with Gasteiger partial charge in [-0.2, -0.15) is 13.2 Å². The molecule has 2 unspecified atom stereocenters. The quantitative estimate of drug-likeness (QED) is 0.727. The van der Waals surface area contributed by atoms with Crippen LogP contribution < -0.4 is 0 Å². The summed E-state index contributed by atoms with van der Waals surface area (Å²) in [6.45, 7) is -0.230. The third-order valence-corrected chi connectivity index (χ3v) is 2.01. The van der Waals surface area contributed by atoms with Crippen LogP contribution in [0.3, 0.4) is 0 Å². The molecule has 1 aliphatic heterocycles. The third-order valence-electron chi connectivity index (χ3n) is 2.01. The maximum Gasteiger partial charge on any atom is 0.389 e. The van der Waals surface area contributed by atoms with Crippen molar-refractivity contribution in [2.24, 2.45) is 11.8 Å². The smallest absolute Gasteiger partial charge is 0.389 e. The zero-order valence-corrected chi connectivity index (χ0v) is 6.67. The van der Waals surface area contributed by atoms with Crippen LogP contribution in [0.15, 0.2) is 0 Å². The van der Waals surface area contributed by atoms with Crippen molar-refractivity contribution in [2.75, 3.05) is 13.2 Å². The number of ether oxygens (including phenoxy) is 1. The van der Waals surface area contributed by atoms with Crippen molar-refractivity contribution < 1.29 is 27.8 Å². The van der Waals surface area contributed by atoms with Gasteiger partial charge >= 0.3 is 12.1 Å². The van der Waals surface area contributed by atoms with E-state index in [4.69, 9.17) is 9.84 Å². The largest absolute Gasteiger partial charge is 0.481 e. The lowest BCUT2D eigenvalue weighted by molar-refractivity contribution is -0.154. The molecule has 13 heavy (non-hydrogen) atoms. The fourth-order valence-corrected chi connectivity index (χ4v) is 1.37. The SMILES string of the molecule is O=C(O)C1COCC1CC(F)(F)F. The Morgan fingerprint density at radius 2 is 2.08 bits per heavy atom. The number of rotatable bonds is 2. The second-order valence-electron chi connectivity index (χ2n) is 3.06. The lowest BCUT2D eigenvalue weighted by Crippen LogP contribution is -2.26. The molecule has 0 bridgehead atoms. The molecule has 2 atom stereocenters. The highest BCUT2D eigenvalue weighted by molar-refractivity contribution is 5.70. The Morgan fingerprint density at radius 3 is 2.54 bits per heavy atom. The van der Waals surface area contributed by atoms with Gasteiger partial charge in [-0.15, -0.1) is 0 Å². The lowest BCUT2D eigenvalue weighted by atomic mass is 9.93. The fraction of sp³-hybridized carbons (Fsp3) is 0.857. The Kier molecular flexibility index (Phi) is 2.80. The second-order valence-corrected chi connectivity index (χ2v) is 3.06. The van der Waals surface area contributed by atoms with Gasteiger partial charge in [-0.05, 0) is 0 Å². The van der Waals surface area contributed by atoms with E-state index >= 15 is 0 Å². The fourth-order valence-electron chi connectivity index (χ4n) is 1.37. The number of hydrogen-bond donors (Lipinski definition) is 1. The van der Waals surface area contributed by atoms with Crippen LogP contribution in [-0.4, -0.2) is 30.5 Å². The summed E-state index contributed by atoms with van der Waals surface area (Å²) in [5, 5.41) is 8.53. The summed E-state index contributed by atoms with van der Waals surface area (Å²) >= 11 is 0. The lowest BCUT2D eigenvalue weighted by Gasteiger charge is -2.15. The second kappa shape index (κ2) is 3.53. The number of aliphatic carboxylic acids is 1. The first kappa shape index (κ1) is 10.3. The molecule has 0 aliphatic carbocycles. The normalized spacial score (nSPS) is 29.2. The van der Waals surface area contributed by atoms with Crippen molar-refractivity contribution in [2.45, 2.75) is 12.6 Å². The third kappa shape index (κ3) is 2.87. The molecule has 0 spiro atoms. The van der Waals surface area contributed by atoms with Crippen molar-refractivity contribution in [3.05, 3.63) is 0 Å². The highest BCUT2D eigenvalue weighted by Gasteiger charge is 2.41. The minimum atomic E-state index is -4.31. The summed E-state index contributed by atoms with van der Waals surface area (Å²) in [5.74, 6) is -3.16. The Labute approximate surface area is 72.5 Å². The van der Waals surface area contributed by atoms with Gasteiger partial charge in [0.2, 0.25) is 0 Å². The van der Waals surface area contributed by atoms with Crippen LogP contribution >= 0.6 is 0 Å². The number of carboxylic acids is 1. The van der Waals surface area contributed by atoms with Crippen LogP contribution in [-0.2, 0) is 9.53 Å². The Morgan fingerprint density at radius 1 is 1.46 bits per heavy atom. The summed E-state index contributed by atoms with van der Waals surface area (Å²) in [5.41, 5.74) is 0. The van der Waals surface area contributed by atoms with E-state index in [1.54, 1.807) is 0 Å². The molecule has 0 radical (unpaired) electrons. The van der Waals surface area contributed by atoms with Gasteiger partial charge in [-0.3, -0.25) is 4.79 Å². The number of alkyl halides is 3. The van der Waals surface area contributed by atoms with Crippen molar-refractivity contribution >= 4 is 5.97 Å². The Hall–Kier alpha value is -0.780. The number of carboxylic acid groups (broad SMARTS) is 1. The first-order valence-electron chi connectivity index (χ1n) is 3.77. The van der Waals surface area contributed by atoms with Gasteiger partial charge in [0.05, 0.1) is 19.1 Å². The molecule has 1 aliphatic rings. The van der Waals surface area contributed by atoms with Gasteiger partial charge in [-0.1, -0.05) is 0 Å². The predicted molar refractivity (Wildman–Crippen MR) is 36.1 cm³/mol. The van der Waals surface area contributed by atoms with E-state index in [1.807, 2.05) is 0 Å². The molecule has 1 saturated heterocycles. The summed E-state index contributed by atoms with van der Waals surface area (Å²) in [6, 6.07) is 0. The molecule has 1 rings (SSSR count). The number of hydrogen-bond acceptors (Lipinski definition) is 2. The molecule has 0 aromatic carbocycles. The van der Waals surface area contributed by atoms with E-state index in [2.05, 4.69) is 0 Å². The van der Waals surface area contributed by atoms with Crippen LogP contribution in [0, 0.1) is 11.8 Å². The molecule has 1 heterocycles. The summed E-state index contributed by atoms with van der Waals surface area (Å²) in [6.07, 6.45) is -5.39. The zero-order valence-electron chi connectivity index (χ0n) is 6.67. The monoisotopic (exact) mass is 198 g/mol. The van der Waals surface area contributed by atoms with E-state index in [-0.39, 0.29) is 13.2 Å². The van der Waals surface area contributed by atoms with E-state index in [0.717, 1.165) is 0 Å². The van der Waals surface area contributed by atoms with Gasteiger partial charge < -0.3 is 9.84 Å². The standard InChI is InChI=1S/C7H9F3O3/c8-7(9,10)1-4-2-13-3-5(4)6(11)12/h4-5H,1-3H2,(H,11,12). The summed E-state index contributed by atoms with van der Waals surface area (Å²) in [7, 11) is 0. The van der Waals surface area contributed by atoms with Gasteiger partial charge in [0.15, 0.2) is 0 Å². The van der Waals surface area contributed by atoms with E-state index < -0.39 is 30.4 Å². The summed E-state index contributed by atoms with van der Waals surface area (Å²) < 4.78 is 40.4. The minimum absolute atomic E-state index is 0.115. The van der Waals surface area contributed by atoms with Crippen LogP contribution in [0.1, 0.15) is 6.42 Å². The molecule has 1 fully saturated rings. The first-order chi connectivity index (χ1) is 5.90. The molecule has 0 saturated carbocycles. The van der Waals surface area contributed by atoms with E-state index in [0.29, 0.717) is 0 Å². The molecule has 3 nitrogen and oxygen atoms in total. The van der Waals surface area contributed by atoms with Crippen molar-refractivity contribution in [3.63, 3.8) is 0 Å². The molecule has 76 valence electrons. The average molecular weight is 198 g/mol. The van der Waals surface area contributed by atoms with Gasteiger partial charge in [-0.25, -0.2) is 0 Å². The van der Waals surface area contributed by atoms with Crippen molar-refractivity contribution in [1.29, 1.82) is 0 Å². The highest BCUT2D eigenvalue weighted by Crippen LogP contribution is 2.32. The number of carbonyl (C=O) groups is 1. The molecule has 0 aromatic heterocycles. The zero-order chi connectivity index (χ0) is 10.1. The maximum absolute atomic E-state index is 11.9. The summed E-state index contributed by atoms with van der Waals surface area (Å²) in [4.78, 5) is 10.5. The van der Waals surface area contributed by atoms with Crippen molar-refractivity contribution in [3.8, 4) is 0 Å². The number of halogens is 3. The van der Waals surface area contributed by atoms with Gasteiger partial charge in [0.1, 0.15) is 0 Å². The van der Waals surface area contributed by atoms with Crippen LogP contribution in [0.4, 0.5) is 13.2 Å². The average Bonchev–Trinajstić information content (AvgIpc) is 2.31. The topological polar surface area (TPSA) is 46.5 Å². The van der Waals surface area contributed by atoms with E-state index in [1.165, 1.54) is 0 Å². The Bertz CT molecular complexity index is 202. The van der Waals surface area contributed by atoms with Gasteiger partial charge in [0, 0.05) is 12.3 Å². The predicted octanol–water partition coefficient (Wildman–Crippen LogP) is 1.29. The van der Waals surface area contributed by atoms with Crippen molar-refractivity contribution in [1.82, 2.24) is 0 Å². The molecule has 0 amide bonds. The van der Waals surface area contributed by atoms with Crippen LogP contribution in [0.5, 0.6) is 0 Å². The van der Waals surface area contributed by atoms with Gasteiger partial charge in [0.25, 0.3) is 0 Å².